The third-order valence-electron chi connectivity index (χ3n) is 3.53. The lowest BCUT2D eigenvalue weighted by atomic mass is 9.89. The van der Waals surface area contributed by atoms with E-state index in [9.17, 15) is 4.79 Å². The van der Waals surface area contributed by atoms with E-state index in [1.54, 1.807) is 4.90 Å². The van der Waals surface area contributed by atoms with Gasteiger partial charge in [0.15, 0.2) is 0 Å². The summed E-state index contributed by atoms with van der Waals surface area (Å²) >= 11 is 0. The van der Waals surface area contributed by atoms with Crippen molar-refractivity contribution in [3.05, 3.63) is 0 Å². The molecule has 14 heavy (non-hydrogen) atoms. The van der Waals surface area contributed by atoms with Crippen LogP contribution in [0.2, 0.25) is 0 Å². The zero-order valence-corrected chi connectivity index (χ0v) is 9.12. The highest BCUT2D eigenvalue weighted by molar-refractivity contribution is 5.75. The zero-order chi connectivity index (χ0) is 10.1. The van der Waals surface area contributed by atoms with Crippen molar-refractivity contribution in [2.45, 2.75) is 44.2 Å². The highest BCUT2D eigenvalue weighted by atomic mass is 16.2. The quantitative estimate of drug-likeness (QED) is 0.714. The van der Waals surface area contributed by atoms with Crippen molar-refractivity contribution in [1.82, 2.24) is 10.2 Å². The number of carbonyl (C=O) groups excluding carboxylic acids is 1. The Labute approximate surface area is 85.8 Å². The third-order valence-corrected chi connectivity index (χ3v) is 3.53. The predicted octanol–water partition coefficient (Wildman–Crippen LogP) is 0.995. The molecule has 2 unspecified atom stereocenters. The molecule has 0 aromatic rings. The van der Waals surface area contributed by atoms with Crippen molar-refractivity contribution in [1.29, 1.82) is 0 Å². The van der Waals surface area contributed by atoms with Gasteiger partial charge in [-0.15, -0.1) is 0 Å². The van der Waals surface area contributed by atoms with E-state index < -0.39 is 0 Å². The van der Waals surface area contributed by atoms with Crippen molar-refractivity contribution in [3.8, 4) is 0 Å². The Kier molecular flexibility index (Phi) is 2.77. The first-order valence-corrected chi connectivity index (χ1v) is 5.61. The molecule has 2 heterocycles. The zero-order valence-electron chi connectivity index (χ0n) is 9.12. The summed E-state index contributed by atoms with van der Waals surface area (Å²) in [5.74, 6) is 0.917. The van der Waals surface area contributed by atoms with Crippen LogP contribution in [0.4, 0.5) is 0 Å². The maximum absolute atomic E-state index is 11.6. The lowest BCUT2D eigenvalue weighted by molar-refractivity contribution is -0.129. The van der Waals surface area contributed by atoms with Gasteiger partial charge in [-0.05, 0) is 31.6 Å². The van der Waals surface area contributed by atoms with Gasteiger partial charge in [0.05, 0.1) is 0 Å². The van der Waals surface area contributed by atoms with E-state index in [0.29, 0.717) is 18.0 Å². The number of hydrogen-bond donors (Lipinski definition) is 1. The third kappa shape index (κ3) is 2.08. The highest BCUT2D eigenvalue weighted by Gasteiger charge is 2.34. The van der Waals surface area contributed by atoms with E-state index >= 15 is 0 Å². The number of piperidine rings is 1. The van der Waals surface area contributed by atoms with Gasteiger partial charge in [0.2, 0.25) is 5.91 Å². The van der Waals surface area contributed by atoms with E-state index in [-0.39, 0.29) is 5.91 Å². The predicted molar refractivity (Wildman–Crippen MR) is 56.0 cm³/mol. The van der Waals surface area contributed by atoms with Crippen LogP contribution in [0.5, 0.6) is 0 Å². The first-order valence-electron chi connectivity index (χ1n) is 5.61. The Morgan fingerprint density at radius 1 is 1.29 bits per heavy atom. The molecule has 3 heteroatoms. The highest BCUT2D eigenvalue weighted by Crippen LogP contribution is 2.32. The molecule has 2 aliphatic heterocycles. The summed E-state index contributed by atoms with van der Waals surface area (Å²) in [7, 11) is 3.69. The molecule has 80 valence electrons. The van der Waals surface area contributed by atoms with Gasteiger partial charge >= 0.3 is 0 Å². The Morgan fingerprint density at radius 3 is 2.36 bits per heavy atom. The maximum Gasteiger partial charge on any atom is 0.222 e. The number of amides is 1. The lowest BCUT2D eigenvalue weighted by Crippen LogP contribution is -2.39. The Balaban J connectivity index is 1.85. The van der Waals surface area contributed by atoms with Crippen LogP contribution in [0.1, 0.15) is 32.1 Å². The van der Waals surface area contributed by atoms with E-state index in [1.807, 2.05) is 14.1 Å². The van der Waals surface area contributed by atoms with Gasteiger partial charge < -0.3 is 10.2 Å². The average molecular weight is 196 g/mol. The smallest absolute Gasteiger partial charge is 0.222 e. The van der Waals surface area contributed by atoms with Crippen LogP contribution in [0, 0.1) is 5.92 Å². The minimum Gasteiger partial charge on any atom is -0.349 e. The first-order chi connectivity index (χ1) is 6.65. The van der Waals surface area contributed by atoms with Crippen LogP contribution in [0.15, 0.2) is 0 Å². The fraction of sp³-hybridized carbons (Fsp3) is 0.909. The Bertz CT molecular complexity index is 215. The molecule has 2 saturated heterocycles. The minimum absolute atomic E-state index is 0.288. The summed E-state index contributed by atoms with van der Waals surface area (Å²) in [6.45, 7) is 0. The molecule has 0 aliphatic carbocycles. The molecule has 3 nitrogen and oxygen atoms in total. The van der Waals surface area contributed by atoms with Crippen molar-refractivity contribution in [3.63, 3.8) is 0 Å². The van der Waals surface area contributed by atoms with Gasteiger partial charge in [0.1, 0.15) is 0 Å². The van der Waals surface area contributed by atoms with Gasteiger partial charge in [-0.3, -0.25) is 4.79 Å². The Morgan fingerprint density at radius 2 is 1.86 bits per heavy atom. The fourth-order valence-electron chi connectivity index (χ4n) is 2.77. The summed E-state index contributed by atoms with van der Waals surface area (Å²) in [6, 6.07) is 1.41. The van der Waals surface area contributed by atoms with Crippen molar-refractivity contribution in [2.24, 2.45) is 5.92 Å². The molecule has 2 rings (SSSR count). The second kappa shape index (κ2) is 3.89. The summed E-state index contributed by atoms with van der Waals surface area (Å²) in [5.41, 5.74) is 0. The standard InChI is InChI=1S/C11H20N2O/c1-13(2)11(14)7-8-5-9-3-4-10(6-8)12-9/h8-10,12H,3-7H2,1-2H3. The van der Waals surface area contributed by atoms with Gasteiger partial charge in [-0.1, -0.05) is 0 Å². The van der Waals surface area contributed by atoms with E-state index in [4.69, 9.17) is 0 Å². The number of nitrogens with zero attached hydrogens (tertiary/aromatic N) is 1. The van der Waals surface area contributed by atoms with Gasteiger partial charge in [0.25, 0.3) is 0 Å². The summed E-state index contributed by atoms with van der Waals surface area (Å²) in [6.07, 6.45) is 5.79. The molecule has 1 N–H and O–H groups in total. The molecule has 1 amide bonds. The number of rotatable bonds is 2. The number of nitrogens with one attached hydrogen (secondary N) is 1. The normalized spacial score (nSPS) is 35.7. The number of carbonyl (C=O) groups is 1. The number of fused-ring (bicyclic) bond motifs is 2. The van der Waals surface area contributed by atoms with Crippen molar-refractivity contribution >= 4 is 5.91 Å². The molecule has 2 bridgehead atoms. The molecule has 0 saturated carbocycles. The lowest BCUT2D eigenvalue weighted by Gasteiger charge is -2.29. The summed E-state index contributed by atoms with van der Waals surface area (Å²) in [5, 5.41) is 3.60. The van der Waals surface area contributed by atoms with Crippen molar-refractivity contribution in [2.75, 3.05) is 14.1 Å². The van der Waals surface area contributed by atoms with E-state index in [2.05, 4.69) is 5.32 Å². The molecule has 2 atom stereocenters. The number of hydrogen-bond acceptors (Lipinski definition) is 2. The Hall–Kier alpha value is -0.570. The second-order valence-electron chi connectivity index (χ2n) is 4.97. The van der Waals surface area contributed by atoms with Gasteiger partial charge in [-0.2, -0.15) is 0 Å². The molecular formula is C11H20N2O. The van der Waals surface area contributed by atoms with Crippen LogP contribution in [-0.2, 0) is 4.79 Å². The van der Waals surface area contributed by atoms with Crippen LogP contribution in [0.25, 0.3) is 0 Å². The first kappa shape index (κ1) is 9.97. The summed E-state index contributed by atoms with van der Waals surface area (Å²) < 4.78 is 0. The van der Waals surface area contributed by atoms with Gasteiger partial charge in [0, 0.05) is 32.6 Å². The monoisotopic (exact) mass is 196 g/mol. The SMILES string of the molecule is CN(C)C(=O)CC1CC2CCC(C1)N2. The molecule has 2 fully saturated rings. The maximum atomic E-state index is 11.6. The van der Waals surface area contributed by atoms with Crippen LogP contribution < -0.4 is 5.32 Å². The largest absolute Gasteiger partial charge is 0.349 e. The van der Waals surface area contributed by atoms with Crippen LogP contribution >= 0.6 is 0 Å². The molecule has 0 aromatic heterocycles. The minimum atomic E-state index is 0.288. The molecule has 0 spiro atoms. The van der Waals surface area contributed by atoms with E-state index in [0.717, 1.165) is 6.42 Å². The fourth-order valence-corrected chi connectivity index (χ4v) is 2.77. The topological polar surface area (TPSA) is 32.3 Å². The molecule has 2 aliphatic rings. The van der Waals surface area contributed by atoms with Crippen LogP contribution in [0.3, 0.4) is 0 Å². The molecule has 0 radical (unpaired) electrons. The van der Waals surface area contributed by atoms with E-state index in [1.165, 1.54) is 25.7 Å². The second-order valence-corrected chi connectivity index (χ2v) is 4.97. The van der Waals surface area contributed by atoms with Crippen LogP contribution in [-0.4, -0.2) is 37.0 Å². The average Bonchev–Trinajstić information content (AvgIpc) is 2.45. The molecular weight excluding hydrogens is 176 g/mol. The summed E-state index contributed by atoms with van der Waals surface area (Å²) in [4.78, 5) is 13.3. The molecule has 0 aromatic carbocycles. The van der Waals surface area contributed by atoms with Gasteiger partial charge in [-0.25, -0.2) is 0 Å². The van der Waals surface area contributed by atoms with Crippen molar-refractivity contribution < 1.29 is 4.79 Å².